The molecule has 130 valence electrons. The molecular weight excluding hydrogens is 333 g/mol. The summed E-state index contributed by atoms with van der Waals surface area (Å²) >= 11 is 0. The SMILES string of the molecule is CNC(N)=C(CCC[C@H](N)C(=O)N1CCCC1)[N+](=O)[O-].Cl.Cl. The first kappa shape index (κ1) is 23.0. The summed E-state index contributed by atoms with van der Waals surface area (Å²) in [5, 5.41) is 13.4. The molecule has 1 saturated heterocycles. The number of rotatable bonds is 7. The van der Waals surface area contributed by atoms with Crippen LogP contribution in [-0.4, -0.2) is 41.9 Å². The number of nitrogens with two attached hydrogens (primary N) is 2. The molecule has 0 unspecified atom stereocenters. The molecule has 1 heterocycles. The van der Waals surface area contributed by atoms with Gasteiger partial charge in [0.25, 0.3) is 5.70 Å². The highest BCUT2D eigenvalue weighted by Crippen LogP contribution is 2.14. The van der Waals surface area contributed by atoms with Gasteiger partial charge in [-0.3, -0.25) is 14.9 Å². The predicted molar refractivity (Wildman–Crippen MR) is 89.4 cm³/mol. The van der Waals surface area contributed by atoms with Crippen LogP contribution in [0.4, 0.5) is 0 Å². The molecule has 1 rings (SSSR count). The maximum absolute atomic E-state index is 12.0. The first-order valence-corrected chi connectivity index (χ1v) is 6.82. The molecule has 8 nitrogen and oxygen atoms in total. The number of allylic oxidation sites excluding steroid dienone is 1. The Kier molecular flexibility index (Phi) is 11.9. The number of carbonyl (C=O) groups is 1. The topological polar surface area (TPSA) is 128 Å². The Labute approximate surface area is 142 Å². The van der Waals surface area contributed by atoms with Crippen molar-refractivity contribution in [2.45, 2.75) is 38.1 Å². The molecule has 22 heavy (non-hydrogen) atoms. The lowest BCUT2D eigenvalue weighted by atomic mass is 10.1. The summed E-state index contributed by atoms with van der Waals surface area (Å²) in [6.45, 7) is 1.53. The van der Waals surface area contributed by atoms with Crippen molar-refractivity contribution in [2.75, 3.05) is 20.1 Å². The third kappa shape index (κ3) is 6.67. The Hall–Kier alpha value is -1.25. The van der Waals surface area contributed by atoms with Crippen LogP contribution >= 0.6 is 24.8 Å². The number of hydrogen-bond acceptors (Lipinski definition) is 6. The Bertz CT molecular complexity index is 400. The summed E-state index contributed by atoms with van der Waals surface area (Å²) < 4.78 is 0. The van der Waals surface area contributed by atoms with E-state index in [-0.39, 0.29) is 48.7 Å². The minimum Gasteiger partial charge on any atom is -0.380 e. The van der Waals surface area contributed by atoms with E-state index in [2.05, 4.69) is 5.32 Å². The molecule has 1 aliphatic rings. The van der Waals surface area contributed by atoms with Gasteiger partial charge in [-0.2, -0.15) is 0 Å². The molecule has 1 aliphatic heterocycles. The van der Waals surface area contributed by atoms with Crippen molar-refractivity contribution in [1.82, 2.24) is 10.2 Å². The van der Waals surface area contributed by atoms with E-state index in [4.69, 9.17) is 11.5 Å². The molecule has 0 spiro atoms. The molecular formula is C12H25Cl2N5O3. The van der Waals surface area contributed by atoms with Gasteiger partial charge in [-0.1, -0.05) is 0 Å². The zero-order chi connectivity index (χ0) is 15.1. The van der Waals surface area contributed by atoms with Gasteiger partial charge in [0.1, 0.15) is 0 Å². The van der Waals surface area contributed by atoms with Crippen LogP contribution in [-0.2, 0) is 4.79 Å². The Morgan fingerprint density at radius 2 is 1.91 bits per heavy atom. The Balaban J connectivity index is 0. The van der Waals surface area contributed by atoms with Crippen LogP contribution in [0.5, 0.6) is 0 Å². The molecule has 1 amide bonds. The summed E-state index contributed by atoms with van der Waals surface area (Å²) in [5.41, 5.74) is 11.3. The van der Waals surface area contributed by atoms with Crippen LogP contribution in [0, 0.1) is 10.1 Å². The summed E-state index contributed by atoms with van der Waals surface area (Å²) in [6, 6.07) is -0.586. The highest BCUT2D eigenvalue weighted by molar-refractivity contribution is 5.85. The molecule has 1 fully saturated rings. The van der Waals surface area contributed by atoms with Crippen LogP contribution < -0.4 is 16.8 Å². The fraction of sp³-hybridized carbons (Fsp3) is 0.750. The summed E-state index contributed by atoms with van der Waals surface area (Å²) in [4.78, 5) is 24.1. The van der Waals surface area contributed by atoms with Crippen molar-refractivity contribution in [2.24, 2.45) is 11.5 Å². The van der Waals surface area contributed by atoms with Crippen molar-refractivity contribution in [3.8, 4) is 0 Å². The second kappa shape index (κ2) is 11.3. The van der Waals surface area contributed by atoms with E-state index in [0.717, 1.165) is 25.9 Å². The van der Waals surface area contributed by atoms with Crippen LogP contribution in [0.25, 0.3) is 0 Å². The lowest BCUT2D eigenvalue weighted by Gasteiger charge is -2.19. The number of nitro groups is 1. The minimum atomic E-state index is -0.586. The fourth-order valence-electron chi connectivity index (χ4n) is 2.25. The van der Waals surface area contributed by atoms with E-state index in [1.807, 2.05) is 0 Å². The summed E-state index contributed by atoms with van der Waals surface area (Å²) in [7, 11) is 1.53. The minimum absolute atomic E-state index is 0. The van der Waals surface area contributed by atoms with Crippen LogP contribution in [0.15, 0.2) is 11.5 Å². The highest BCUT2D eigenvalue weighted by atomic mass is 35.5. The second-order valence-corrected chi connectivity index (χ2v) is 4.90. The van der Waals surface area contributed by atoms with Gasteiger partial charge >= 0.3 is 0 Å². The summed E-state index contributed by atoms with van der Waals surface area (Å²) in [5.74, 6) is -0.00911. The van der Waals surface area contributed by atoms with E-state index < -0.39 is 11.0 Å². The van der Waals surface area contributed by atoms with Gasteiger partial charge in [0.2, 0.25) is 5.91 Å². The highest BCUT2D eigenvalue weighted by Gasteiger charge is 2.24. The van der Waals surface area contributed by atoms with E-state index in [1.54, 1.807) is 4.90 Å². The largest absolute Gasteiger partial charge is 0.380 e. The molecule has 0 radical (unpaired) electrons. The van der Waals surface area contributed by atoms with Gasteiger partial charge in [-0.15, -0.1) is 24.8 Å². The maximum atomic E-state index is 12.0. The first-order chi connectivity index (χ1) is 9.47. The molecule has 0 saturated carbocycles. The van der Waals surface area contributed by atoms with E-state index in [1.165, 1.54) is 7.05 Å². The maximum Gasteiger partial charge on any atom is 0.285 e. The molecule has 1 atom stereocenters. The summed E-state index contributed by atoms with van der Waals surface area (Å²) in [6.07, 6.45) is 3.11. The second-order valence-electron chi connectivity index (χ2n) is 4.90. The number of nitrogens with one attached hydrogen (secondary N) is 1. The lowest BCUT2D eigenvalue weighted by Crippen LogP contribution is -2.42. The van der Waals surface area contributed by atoms with Crippen molar-refractivity contribution >= 4 is 30.7 Å². The van der Waals surface area contributed by atoms with Gasteiger partial charge < -0.3 is 21.7 Å². The molecule has 10 heteroatoms. The smallest absolute Gasteiger partial charge is 0.285 e. The fourth-order valence-corrected chi connectivity index (χ4v) is 2.25. The number of hydrogen-bond donors (Lipinski definition) is 3. The van der Waals surface area contributed by atoms with Crippen LogP contribution in [0.3, 0.4) is 0 Å². The van der Waals surface area contributed by atoms with E-state index >= 15 is 0 Å². The Morgan fingerprint density at radius 1 is 1.36 bits per heavy atom. The molecule has 5 N–H and O–H groups in total. The quantitative estimate of drug-likeness (QED) is 0.451. The Morgan fingerprint density at radius 3 is 2.36 bits per heavy atom. The van der Waals surface area contributed by atoms with E-state index in [9.17, 15) is 14.9 Å². The molecule has 0 aliphatic carbocycles. The van der Waals surface area contributed by atoms with Crippen molar-refractivity contribution in [3.63, 3.8) is 0 Å². The predicted octanol–water partition coefficient (Wildman–Crippen LogP) is 0.574. The average Bonchev–Trinajstić information content (AvgIpc) is 2.95. The standard InChI is InChI=1S/C12H23N5O3.2ClH/c1-15-11(14)10(17(19)20)6-4-5-9(13)12(18)16-7-2-3-8-16;;/h9,15H,2-8,13-14H2,1H3;2*1H/t9-;;/m0../s1. The van der Waals surface area contributed by atoms with Gasteiger partial charge in [-0.05, 0) is 25.7 Å². The zero-order valence-corrected chi connectivity index (χ0v) is 14.3. The normalized spacial score (nSPS) is 16.0. The van der Waals surface area contributed by atoms with Gasteiger partial charge in [0.05, 0.1) is 11.0 Å². The van der Waals surface area contributed by atoms with Crippen molar-refractivity contribution in [3.05, 3.63) is 21.6 Å². The zero-order valence-electron chi connectivity index (χ0n) is 12.6. The lowest BCUT2D eigenvalue weighted by molar-refractivity contribution is -0.429. The number of nitrogens with zero attached hydrogens (tertiary/aromatic N) is 2. The average molecular weight is 358 g/mol. The number of carbonyl (C=O) groups excluding carboxylic acids is 1. The monoisotopic (exact) mass is 357 g/mol. The molecule has 0 aromatic carbocycles. The van der Waals surface area contributed by atoms with Crippen LogP contribution in [0.2, 0.25) is 0 Å². The number of halogens is 2. The van der Waals surface area contributed by atoms with E-state index in [0.29, 0.717) is 12.8 Å². The third-order valence-corrected chi connectivity index (χ3v) is 3.46. The first-order valence-electron chi connectivity index (χ1n) is 6.82. The molecule has 0 aromatic heterocycles. The van der Waals surface area contributed by atoms with Crippen LogP contribution in [0.1, 0.15) is 32.1 Å². The van der Waals surface area contributed by atoms with Gasteiger partial charge in [0, 0.05) is 26.6 Å². The number of amides is 1. The van der Waals surface area contributed by atoms with Gasteiger partial charge in [-0.25, -0.2) is 0 Å². The van der Waals surface area contributed by atoms with Crippen molar-refractivity contribution in [1.29, 1.82) is 0 Å². The molecule has 0 bridgehead atoms. The number of likely N-dealkylation sites (tertiary alicyclic amines) is 1. The molecule has 0 aromatic rings. The third-order valence-electron chi connectivity index (χ3n) is 3.46. The van der Waals surface area contributed by atoms with Gasteiger partial charge in [0.15, 0.2) is 5.82 Å². The van der Waals surface area contributed by atoms with Crippen molar-refractivity contribution < 1.29 is 9.72 Å².